The lowest BCUT2D eigenvalue weighted by molar-refractivity contribution is 0.0102. The summed E-state index contributed by atoms with van der Waals surface area (Å²) >= 11 is 0. The zero-order valence-corrected chi connectivity index (χ0v) is 12.7. The Morgan fingerprint density at radius 3 is 2.90 bits per heavy atom. The number of morpholine rings is 1. The standard InChI is InChI=1S/C13H18N2O5S/c1-10-9-15(6-7-20-10)21(17,18)12-5-3-4-11(8-12)14-13(16)19-2/h3-5,8,10H,6-7,9H2,1-2H3,(H,14,16). The van der Waals surface area contributed by atoms with Crippen LogP contribution in [0.2, 0.25) is 0 Å². The van der Waals surface area contributed by atoms with Crippen molar-refractivity contribution in [2.24, 2.45) is 0 Å². The number of carbonyl (C=O) groups is 1. The molecule has 21 heavy (non-hydrogen) atoms. The van der Waals surface area contributed by atoms with Gasteiger partial charge in [-0.2, -0.15) is 4.31 Å². The molecule has 1 heterocycles. The first-order chi connectivity index (χ1) is 9.93. The van der Waals surface area contributed by atoms with Crippen molar-refractivity contribution in [3.8, 4) is 0 Å². The Morgan fingerprint density at radius 1 is 1.48 bits per heavy atom. The fourth-order valence-corrected chi connectivity index (χ4v) is 3.60. The number of hydrogen-bond acceptors (Lipinski definition) is 5. The molecule has 0 spiro atoms. The van der Waals surface area contributed by atoms with Crippen molar-refractivity contribution in [3.63, 3.8) is 0 Å². The molecule has 1 unspecified atom stereocenters. The predicted octanol–water partition coefficient (Wildman–Crippen LogP) is 1.27. The van der Waals surface area contributed by atoms with Crippen molar-refractivity contribution in [2.75, 3.05) is 32.1 Å². The molecular weight excluding hydrogens is 296 g/mol. The number of carbonyl (C=O) groups excluding carboxylic acids is 1. The maximum atomic E-state index is 12.6. The summed E-state index contributed by atoms with van der Waals surface area (Å²) in [6, 6.07) is 6.07. The van der Waals surface area contributed by atoms with Gasteiger partial charge in [0.25, 0.3) is 0 Å². The summed E-state index contributed by atoms with van der Waals surface area (Å²) < 4.78 is 36.4. The van der Waals surface area contributed by atoms with Crippen molar-refractivity contribution in [3.05, 3.63) is 24.3 Å². The van der Waals surface area contributed by atoms with Crippen molar-refractivity contribution < 1.29 is 22.7 Å². The predicted molar refractivity (Wildman–Crippen MR) is 76.6 cm³/mol. The van der Waals surface area contributed by atoms with E-state index in [1.165, 1.54) is 23.5 Å². The van der Waals surface area contributed by atoms with Gasteiger partial charge in [0.05, 0.1) is 24.7 Å². The number of anilines is 1. The van der Waals surface area contributed by atoms with Gasteiger partial charge in [0.2, 0.25) is 10.0 Å². The average molecular weight is 314 g/mol. The van der Waals surface area contributed by atoms with Crippen LogP contribution in [-0.2, 0) is 19.5 Å². The molecule has 7 nitrogen and oxygen atoms in total. The minimum atomic E-state index is -3.60. The molecule has 116 valence electrons. The van der Waals surface area contributed by atoms with Gasteiger partial charge in [-0.1, -0.05) is 6.07 Å². The molecule has 0 saturated carbocycles. The van der Waals surface area contributed by atoms with Crippen LogP contribution < -0.4 is 5.32 Å². The van der Waals surface area contributed by atoms with E-state index in [4.69, 9.17) is 4.74 Å². The molecule has 1 amide bonds. The first-order valence-electron chi connectivity index (χ1n) is 6.50. The number of rotatable bonds is 3. The Morgan fingerprint density at radius 2 is 2.24 bits per heavy atom. The van der Waals surface area contributed by atoms with Crippen molar-refractivity contribution in [2.45, 2.75) is 17.9 Å². The van der Waals surface area contributed by atoms with Crippen LogP contribution in [0.25, 0.3) is 0 Å². The van der Waals surface area contributed by atoms with Crippen LogP contribution in [0.1, 0.15) is 6.92 Å². The third-order valence-electron chi connectivity index (χ3n) is 3.11. The van der Waals surface area contributed by atoms with E-state index in [1.54, 1.807) is 12.1 Å². The summed E-state index contributed by atoms with van der Waals surface area (Å²) in [5, 5.41) is 2.45. The summed E-state index contributed by atoms with van der Waals surface area (Å²) in [6.45, 7) is 2.84. The highest BCUT2D eigenvalue weighted by Crippen LogP contribution is 2.21. The molecule has 1 aromatic carbocycles. The minimum absolute atomic E-state index is 0.130. The molecule has 0 aromatic heterocycles. The zero-order chi connectivity index (χ0) is 15.5. The second-order valence-electron chi connectivity index (χ2n) is 4.69. The van der Waals surface area contributed by atoms with Crippen molar-refractivity contribution in [1.82, 2.24) is 4.31 Å². The first kappa shape index (κ1) is 15.7. The molecule has 2 rings (SSSR count). The van der Waals surface area contributed by atoms with E-state index in [-0.39, 0.29) is 11.0 Å². The molecule has 1 fully saturated rings. The highest BCUT2D eigenvalue weighted by Gasteiger charge is 2.29. The van der Waals surface area contributed by atoms with Gasteiger partial charge in [-0.3, -0.25) is 5.32 Å². The van der Waals surface area contributed by atoms with E-state index in [2.05, 4.69) is 10.1 Å². The normalized spacial score (nSPS) is 20.0. The van der Waals surface area contributed by atoms with Crippen LogP contribution in [0.4, 0.5) is 10.5 Å². The Kier molecular flexibility index (Phi) is 4.81. The van der Waals surface area contributed by atoms with Crippen LogP contribution in [-0.4, -0.2) is 51.7 Å². The SMILES string of the molecule is COC(=O)Nc1cccc(S(=O)(=O)N2CCOC(C)C2)c1. The van der Waals surface area contributed by atoms with Gasteiger partial charge >= 0.3 is 6.09 Å². The number of hydrogen-bond donors (Lipinski definition) is 1. The second-order valence-corrected chi connectivity index (χ2v) is 6.63. The zero-order valence-electron chi connectivity index (χ0n) is 11.9. The van der Waals surface area contributed by atoms with Crippen LogP contribution >= 0.6 is 0 Å². The van der Waals surface area contributed by atoms with Gasteiger partial charge in [0, 0.05) is 18.8 Å². The maximum absolute atomic E-state index is 12.6. The molecular formula is C13H18N2O5S. The van der Waals surface area contributed by atoms with Gasteiger partial charge in [0.15, 0.2) is 0 Å². The number of nitrogens with one attached hydrogen (secondary N) is 1. The Labute approximate surface area is 123 Å². The topological polar surface area (TPSA) is 84.9 Å². The smallest absolute Gasteiger partial charge is 0.411 e. The molecule has 0 aliphatic carbocycles. The molecule has 1 N–H and O–H groups in total. The van der Waals surface area contributed by atoms with Gasteiger partial charge in [-0.15, -0.1) is 0 Å². The van der Waals surface area contributed by atoms with Crippen LogP contribution in [0.15, 0.2) is 29.2 Å². The van der Waals surface area contributed by atoms with Gasteiger partial charge < -0.3 is 9.47 Å². The monoisotopic (exact) mass is 314 g/mol. The molecule has 1 atom stereocenters. The van der Waals surface area contributed by atoms with Crippen LogP contribution in [0.3, 0.4) is 0 Å². The second kappa shape index (κ2) is 6.42. The van der Waals surface area contributed by atoms with Crippen molar-refractivity contribution >= 4 is 21.8 Å². The van der Waals surface area contributed by atoms with Crippen LogP contribution in [0, 0.1) is 0 Å². The number of nitrogens with zero attached hydrogens (tertiary/aromatic N) is 1. The van der Waals surface area contributed by atoms with Gasteiger partial charge in [-0.25, -0.2) is 13.2 Å². The molecule has 0 radical (unpaired) electrons. The number of amides is 1. The summed E-state index contributed by atoms with van der Waals surface area (Å²) in [5.74, 6) is 0. The maximum Gasteiger partial charge on any atom is 0.411 e. The lowest BCUT2D eigenvalue weighted by Crippen LogP contribution is -2.44. The first-order valence-corrected chi connectivity index (χ1v) is 7.94. The summed E-state index contributed by atoms with van der Waals surface area (Å²) in [4.78, 5) is 11.3. The van der Waals surface area contributed by atoms with E-state index in [1.807, 2.05) is 6.92 Å². The molecule has 1 aliphatic heterocycles. The quantitative estimate of drug-likeness (QED) is 0.908. The Bertz CT molecular complexity index is 617. The number of methoxy groups -OCH3 is 1. The van der Waals surface area contributed by atoms with E-state index in [9.17, 15) is 13.2 Å². The molecule has 1 aromatic rings. The number of benzene rings is 1. The average Bonchev–Trinajstić information content (AvgIpc) is 2.47. The highest BCUT2D eigenvalue weighted by molar-refractivity contribution is 7.89. The fourth-order valence-electron chi connectivity index (χ4n) is 2.06. The van der Waals surface area contributed by atoms with Gasteiger partial charge in [0.1, 0.15) is 0 Å². The van der Waals surface area contributed by atoms with E-state index < -0.39 is 16.1 Å². The highest BCUT2D eigenvalue weighted by atomic mass is 32.2. The Balaban J connectivity index is 2.23. The van der Waals surface area contributed by atoms with Crippen molar-refractivity contribution in [1.29, 1.82) is 0 Å². The number of sulfonamides is 1. The number of ether oxygens (including phenoxy) is 2. The van der Waals surface area contributed by atoms with E-state index >= 15 is 0 Å². The molecule has 0 bridgehead atoms. The third kappa shape index (κ3) is 3.72. The third-order valence-corrected chi connectivity index (χ3v) is 4.97. The van der Waals surface area contributed by atoms with E-state index in [0.717, 1.165) is 0 Å². The lowest BCUT2D eigenvalue weighted by Gasteiger charge is -2.30. The molecule has 1 aliphatic rings. The molecule has 8 heteroatoms. The largest absolute Gasteiger partial charge is 0.453 e. The van der Waals surface area contributed by atoms with E-state index in [0.29, 0.717) is 25.4 Å². The van der Waals surface area contributed by atoms with Crippen LogP contribution in [0.5, 0.6) is 0 Å². The molecule has 1 saturated heterocycles. The van der Waals surface area contributed by atoms with Gasteiger partial charge in [-0.05, 0) is 25.1 Å². The Hall–Kier alpha value is -1.64. The summed E-state index contributed by atoms with van der Waals surface area (Å²) in [7, 11) is -2.36. The minimum Gasteiger partial charge on any atom is -0.453 e. The summed E-state index contributed by atoms with van der Waals surface area (Å²) in [6.07, 6.45) is -0.783. The fraction of sp³-hybridized carbons (Fsp3) is 0.462. The lowest BCUT2D eigenvalue weighted by atomic mass is 10.3. The summed E-state index contributed by atoms with van der Waals surface area (Å²) in [5.41, 5.74) is 0.365.